The summed E-state index contributed by atoms with van der Waals surface area (Å²) in [4.78, 5) is 11.8. The Hall–Kier alpha value is -6.14. The Balaban J connectivity index is 1.05. The summed E-state index contributed by atoms with van der Waals surface area (Å²) in [7, 11) is 0. The third-order valence-electron chi connectivity index (χ3n) is 10.0. The zero-order chi connectivity index (χ0) is 33.5. The summed E-state index contributed by atoms with van der Waals surface area (Å²) in [6.45, 7) is 0. The van der Waals surface area contributed by atoms with E-state index in [2.05, 4.69) is 168 Å². The molecule has 0 atom stereocenters. The van der Waals surface area contributed by atoms with Crippen molar-refractivity contribution in [2.45, 2.75) is 0 Å². The van der Waals surface area contributed by atoms with Crippen molar-refractivity contribution in [3.63, 3.8) is 0 Å². The van der Waals surface area contributed by atoms with Crippen LogP contribution < -0.4 is 0 Å². The average molecular weight is 686 g/mol. The van der Waals surface area contributed by atoms with Crippen LogP contribution in [0.15, 0.2) is 164 Å². The van der Waals surface area contributed by atoms with Gasteiger partial charge in [-0.05, 0) is 65.7 Å². The molecule has 0 aliphatic heterocycles. The minimum Gasteiger partial charge on any atom is -0.309 e. The second kappa shape index (κ2) is 11.2. The van der Waals surface area contributed by atoms with Gasteiger partial charge in [-0.25, -0.2) is 9.97 Å². The van der Waals surface area contributed by atoms with Crippen LogP contribution in [-0.4, -0.2) is 14.5 Å². The quantitative estimate of drug-likeness (QED) is 0.185. The Bertz CT molecular complexity index is 3080. The van der Waals surface area contributed by atoms with Crippen LogP contribution in [-0.2, 0) is 0 Å². The molecule has 11 aromatic rings. The van der Waals surface area contributed by atoms with Crippen LogP contribution in [0.3, 0.4) is 0 Å². The first-order chi connectivity index (χ1) is 25.3. The molecule has 4 heterocycles. The Morgan fingerprint density at radius 2 is 0.941 bits per heavy atom. The highest BCUT2D eigenvalue weighted by atomic mass is 32.1. The molecule has 0 fully saturated rings. The minimum atomic E-state index is 0.905. The molecule has 4 aromatic heterocycles. The van der Waals surface area contributed by atoms with Crippen molar-refractivity contribution in [2.24, 2.45) is 0 Å². The second-order valence-corrected chi connectivity index (χ2v) is 15.1. The lowest BCUT2D eigenvalue weighted by Gasteiger charge is -2.10. The third kappa shape index (κ3) is 4.49. The van der Waals surface area contributed by atoms with E-state index in [0.717, 1.165) is 49.5 Å². The molecule has 51 heavy (non-hydrogen) atoms. The van der Waals surface area contributed by atoms with Gasteiger partial charge in [0.2, 0.25) is 0 Å². The largest absolute Gasteiger partial charge is 0.309 e. The molecule has 7 aromatic carbocycles. The molecule has 0 saturated carbocycles. The number of hydrogen-bond donors (Lipinski definition) is 0. The van der Waals surface area contributed by atoms with Gasteiger partial charge in [-0.3, -0.25) is 0 Å². The first-order valence-electron chi connectivity index (χ1n) is 17.1. The molecular formula is C46H27N3S2. The van der Waals surface area contributed by atoms with E-state index in [1.165, 1.54) is 52.2 Å². The van der Waals surface area contributed by atoms with Crippen molar-refractivity contribution in [2.75, 3.05) is 0 Å². The predicted octanol–water partition coefficient (Wildman–Crippen LogP) is 13.3. The zero-order valence-corrected chi connectivity index (χ0v) is 28.9. The molecule has 0 N–H and O–H groups in total. The van der Waals surface area contributed by atoms with E-state index in [1.54, 1.807) is 11.3 Å². The zero-order valence-electron chi connectivity index (χ0n) is 27.2. The van der Waals surface area contributed by atoms with Gasteiger partial charge in [0.25, 0.3) is 0 Å². The van der Waals surface area contributed by atoms with Crippen LogP contribution in [0.25, 0.3) is 102 Å². The maximum atomic E-state index is 5.43. The summed E-state index contributed by atoms with van der Waals surface area (Å²) in [5, 5.41) is 6.22. The van der Waals surface area contributed by atoms with Crippen LogP contribution in [0.5, 0.6) is 0 Å². The fraction of sp³-hybridized carbons (Fsp3) is 0. The van der Waals surface area contributed by atoms with Crippen molar-refractivity contribution >= 4 is 85.1 Å². The van der Waals surface area contributed by atoms with Gasteiger partial charge in [0.15, 0.2) is 0 Å². The molecule has 0 spiro atoms. The topological polar surface area (TPSA) is 30.7 Å². The SMILES string of the molecule is c1ccc(-c2nc3c(nc2-c2ccc4sc5ccccc5c4c2)sc2ccc(-c4ccc(-n5c6ccccc6c6ccccc65)cc4)cc23)cc1. The number of hydrogen-bond acceptors (Lipinski definition) is 4. The fourth-order valence-electron chi connectivity index (χ4n) is 7.63. The van der Waals surface area contributed by atoms with Gasteiger partial charge in [-0.15, -0.1) is 22.7 Å². The number of rotatable bonds is 4. The molecule has 0 unspecified atom stereocenters. The lowest BCUT2D eigenvalue weighted by atomic mass is 10.0. The summed E-state index contributed by atoms with van der Waals surface area (Å²) in [5.41, 5.74) is 10.8. The number of aromatic nitrogens is 3. The van der Waals surface area contributed by atoms with Crippen molar-refractivity contribution in [3.05, 3.63) is 164 Å². The Labute approximate surface area is 301 Å². The number of fused-ring (bicyclic) bond motifs is 9. The molecule has 0 saturated heterocycles. The molecule has 0 aliphatic carbocycles. The Morgan fingerprint density at radius 3 is 1.71 bits per heavy atom. The highest BCUT2D eigenvalue weighted by molar-refractivity contribution is 7.26. The standard InChI is InChI=1S/C46H27N3S2/c1-2-10-29(11-3-1)43-44(31-21-25-41-36(27-31)35-14-6-9-17-40(35)50-41)48-46-45(47-43)37-26-30(20-24-42(37)51-46)28-18-22-32(23-19-28)49-38-15-7-4-12-33(38)34-13-5-8-16-39(34)49/h1-27H. The highest BCUT2D eigenvalue weighted by Gasteiger charge is 2.19. The lowest BCUT2D eigenvalue weighted by molar-refractivity contribution is 1.18. The minimum absolute atomic E-state index is 0.905. The van der Waals surface area contributed by atoms with Gasteiger partial charge in [-0.2, -0.15) is 0 Å². The van der Waals surface area contributed by atoms with Gasteiger partial charge in [0.05, 0.1) is 22.4 Å². The number of benzene rings is 7. The molecule has 0 aliphatic rings. The Kier molecular flexibility index (Phi) is 6.29. The summed E-state index contributed by atoms with van der Waals surface area (Å²) in [6, 6.07) is 58.8. The third-order valence-corrected chi connectivity index (χ3v) is 12.2. The van der Waals surface area contributed by atoms with E-state index in [9.17, 15) is 0 Å². The first kappa shape index (κ1) is 28.7. The molecule has 0 bridgehead atoms. The molecule has 5 heteroatoms. The van der Waals surface area contributed by atoms with Crippen LogP contribution in [0.1, 0.15) is 0 Å². The Morgan fingerprint density at radius 1 is 0.373 bits per heavy atom. The van der Waals surface area contributed by atoms with E-state index >= 15 is 0 Å². The highest BCUT2D eigenvalue weighted by Crippen LogP contribution is 2.42. The van der Waals surface area contributed by atoms with E-state index in [4.69, 9.17) is 9.97 Å². The molecule has 3 nitrogen and oxygen atoms in total. The number of thiophene rings is 2. The van der Waals surface area contributed by atoms with Crippen molar-refractivity contribution in [1.29, 1.82) is 0 Å². The second-order valence-electron chi connectivity index (χ2n) is 13.0. The molecule has 0 radical (unpaired) electrons. The van der Waals surface area contributed by atoms with E-state index in [1.807, 2.05) is 11.3 Å². The monoisotopic (exact) mass is 685 g/mol. The van der Waals surface area contributed by atoms with Crippen molar-refractivity contribution in [3.8, 4) is 39.3 Å². The normalized spacial score (nSPS) is 11.9. The lowest BCUT2D eigenvalue weighted by Crippen LogP contribution is -1.94. The number of para-hydroxylation sites is 2. The summed E-state index contributed by atoms with van der Waals surface area (Å²) in [6.07, 6.45) is 0. The maximum absolute atomic E-state index is 5.43. The fourth-order valence-corrected chi connectivity index (χ4v) is 9.72. The summed E-state index contributed by atoms with van der Waals surface area (Å²) in [5.74, 6) is 0. The van der Waals surface area contributed by atoms with Gasteiger partial charge >= 0.3 is 0 Å². The maximum Gasteiger partial charge on any atom is 0.143 e. The summed E-state index contributed by atoms with van der Waals surface area (Å²) < 4.78 is 6.14. The van der Waals surface area contributed by atoms with Gasteiger partial charge in [-0.1, -0.05) is 109 Å². The average Bonchev–Trinajstić information content (AvgIpc) is 3.86. The molecular weight excluding hydrogens is 659 g/mol. The van der Waals surface area contributed by atoms with Gasteiger partial charge < -0.3 is 4.57 Å². The van der Waals surface area contributed by atoms with E-state index < -0.39 is 0 Å². The smallest absolute Gasteiger partial charge is 0.143 e. The molecule has 238 valence electrons. The number of nitrogens with zero attached hydrogens (tertiary/aromatic N) is 3. The molecule has 11 rings (SSSR count). The van der Waals surface area contributed by atoms with Crippen LogP contribution in [0.4, 0.5) is 0 Å². The van der Waals surface area contributed by atoms with Crippen molar-refractivity contribution in [1.82, 2.24) is 14.5 Å². The van der Waals surface area contributed by atoms with Crippen LogP contribution in [0.2, 0.25) is 0 Å². The predicted molar refractivity (Wildman–Crippen MR) is 218 cm³/mol. The molecule has 0 amide bonds. The first-order valence-corrected chi connectivity index (χ1v) is 18.7. The van der Waals surface area contributed by atoms with E-state index in [-0.39, 0.29) is 0 Å². The van der Waals surface area contributed by atoms with Crippen LogP contribution in [0, 0.1) is 0 Å². The summed E-state index contributed by atoms with van der Waals surface area (Å²) >= 11 is 3.55. The van der Waals surface area contributed by atoms with E-state index in [0.29, 0.717) is 0 Å². The van der Waals surface area contributed by atoms with Gasteiger partial charge in [0, 0.05) is 57.8 Å². The van der Waals surface area contributed by atoms with Crippen molar-refractivity contribution < 1.29 is 0 Å². The van der Waals surface area contributed by atoms with Gasteiger partial charge in [0.1, 0.15) is 10.3 Å². The van der Waals surface area contributed by atoms with Crippen LogP contribution >= 0.6 is 22.7 Å².